The lowest BCUT2D eigenvalue weighted by molar-refractivity contribution is 0.204. The molecule has 1 aromatic rings. The number of hydrogen-bond donors (Lipinski definition) is 0. The van der Waals surface area contributed by atoms with E-state index in [-0.39, 0.29) is 0 Å². The summed E-state index contributed by atoms with van der Waals surface area (Å²) in [6, 6.07) is 10.1. The van der Waals surface area contributed by atoms with Gasteiger partial charge in [-0.15, -0.1) is 0 Å². The number of nitrogens with zero attached hydrogens (tertiary/aromatic N) is 1. The maximum atomic E-state index is 5.58. The van der Waals surface area contributed by atoms with E-state index in [1.54, 1.807) is 14.2 Å². The summed E-state index contributed by atoms with van der Waals surface area (Å²) in [5.74, 6) is 0. The molecule has 0 saturated carbocycles. The van der Waals surface area contributed by atoms with E-state index in [9.17, 15) is 0 Å². The van der Waals surface area contributed by atoms with Gasteiger partial charge in [0.25, 0.3) is 0 Å². The highest BCUT2D eigenvalue weighted by Crippen LogP contribution is 2.08. The van der Waals surface area contributed by atoms with Crippen molar-refractivity contribution in [2.24, 2.45) is 0 Å². The zero-order chi connectivity index (χ0) is 10.6. The topological polar surface area (TPSA) is 21.7 Å². The van der Waals surface area contributed by atoms with Gasteiger partial charge in [0, 0.05) is 19.4 Å². The smallest absolute Gasteiger partial charge is 0.383 e. The van der Waals surface area contributed by atoms with Crippen molar-refractivity contribution in [3.63, 3.8) is 0 Å². The molecule has 0 bridgehead atoms. The molecule has 0 heterocycles. The second kappa shape index (κ2) is 4.70. The van der Waals surface area contributed by atoms with E-state index in [1.165, 1.54) is 0 Å². The van der Waals surface area contributed by atoms with Gasteiger partial charge in [0.15, 0.2) is 0 Å². The molecule has 0 radical (unpaired) electrons. The van der Waals surface area contributed by atoms with E-state index in [0.717, 1.165) is 5.19 Å². The Morgan fingerprint density at radius 1 is 1.00 bits per heavy atom. The fraction of sp³-hybridized carbons (Fsp3) is 0.400. The van der Waals surface area contributed by atoms with Crippen LogP contribution >= 0.6 is 0 Å². The van der Waals surface area contributed by atoms with E-state index in [2.05, 4.69) is 0 Å². The van der Waals surface area contributed by atoms with Gasteiger partial charge >= 0.3 is 8.72 Å². The minimum atomic E-state index is -2.36. The number of rotatable bonds is 4. The lowest BCUT2D eigenvalue weighted by atomic mass is 10.4. The molecule has 1 aromatic carbocycles. The molecule has 0 aliphatic rings. The Labute approximate surface area is 86.6 Å². The Morgan fingerprint density at radius 3 is 1.86 bits per heavy atom. The van der Waals surface area contributed by atoms with Crippen LogP contribution in [0.3, 0.4) is 0 Å². The average molecular weight is 211 g/mol. The van der Waals surface area contributed by atoms with Crippen LogP contribution in [0, 0.1) is 0 Å². The highest BCUT2D eigenvalue weighted by atomic mass is 28.4. The first-order chi connectivity index (χ1) is 6.67. The summed E-state index contributed by atoms with van der Waals surface area (Å²) in [5.41, 5.74) is 0. The molecule has 0 atom stereocenters. The van der Waals surface area contributed by atoms with E-state index < -0.39 is 8.72 Å². The maximum absolute atomic E-state index is 5.58. The zero-order valence-corrected chi connectivity index (χ0v) is 10.2. The molecule has 0 saturated heterocycles. The van der Waals surface area contributed by atoms with Gasteiger partial charge in [-0.3, -0.25) is 4.57 Å². The Hall–Kier alpha value is -0.683. The fourth-order valence-corrected chi connectivity index (χ4v) is 4.09. The van der Waals surface area contributed by atoms with Crippen molar-refractivity contribution < 1.29 is 8.85 Å². The van der Waals surface area contributed by atoms with Crippen molar-refractivity contribution in [2.45, 2.75) is 0 Å². The molecule has 0 aromatic heterocycles. The summed E-state index contributed by atoms with van der Waals surface area (Å²) in [6.45, 7) is 0. The molecule has 1 rings (SSSR count). The molecule has 3 nitrogen and oxygen atoms in total. The van der Waals surface area contributed by atoms with Crippen molar-refractivity contribution in [2.75, 3.05) is 28.3 Å². The third-order valence-corrected chi connectivity index (χ3v) is 5.63. The fourth-order valence-electron chi connectivity index (χ4n) is 1.59. The third-order valence-electron chi connectivity index (χ3n) is 2.28. The van der Waals surface area contributed by atoms with Crippen molar-refractivity contribution in [1.29, 1.82) is 0 Å². The van der Waals surface area contributed by atoms with E-state index in [1.807, 2.05) is 49.0 Å². The summed E-state index contributed by atoms with van der Waals surface area (Å²) >= 11 is 0. The third kappa shape index (κ3) is 1.88. The predicted octanol–water partition coefficient (Wildman–Crippen LogP) is 0.687. The van der Waals surface area contributed by atoms with Gasteiger partial charge in [-0.25, -0.2) is 0 Å². The molecular weight excluding hydrogens is 194 g/mol. The lowest BCUT2D eigenvalue weighted by Crippen LogP contribution is -2.63. The van der Waals surface area contributed by atoms with Crippen LogP contribution in [0.5, 0.6) is 0 Å². The molecule has 78 valence electrons. The van der Waals surface area contributed by atoms with Crippen LogP contribution in [0.25, 0.3) is 0 Å². The summed E-state index contributed by atoms with van der Waals surface area (Å²) in [7, 11) is 4.99. The van der Waals surface area contributed by atoms with Crippen LogP contribution in [-0.4, -0.2) is 41.6 Å². The van der Waals surface area contributed by atoms with Crippen LogP contribution < -0.4 is 5.19 Å². The van der Waals surface area contributed by atoms with Gasteiger partial charge in [-0.2, -0.15) is 0 Å². The van der Waals surface area contributed by atoms with Crippen LogP contribution in [0.15, 0.2) is 30.3 Å². The molecule has 0 unspecified atom stereocenters. The lowest BCUT2D eigenvalue weighted by Gasteiger charge is -2.32. The van der Waals surface area contributed by atoms with Gasteiger partial charge in [-0.1, -0.05) is 30.3 Å². The summed E-state index contributed by atoms with van der Waals surface area (Å²) < 4.78 is 13.2. The molecular formula is C10H17NO2Si. The molecule has 0 N–H and O–H groups in total. The van der Waals surface area contributed by atoms with E-state index in [0.29, 0.717) is 0 Å². The minimum absolute atomic E-state index is 1.12. The van der Waals surface area contributed by atoms with E-state index in [4.69, 9.17) is 8.85 Å². The largest absolute Gasteiger partial charge is 0.462 e. The van der Waals surface area contributed by atoms with Gasteiger partial charge in [0.1, 0.15) is 0 Å². The van der Waals surface area contributed by atoms with E-state index >= 15 is 0 Å². The average Bonchev–Trinajstić information content (AvgIpc) is 2.22. The molecule has 0 fully saturated rings. The van der Waals surface area contributed by atoms with Crippen molar-refractivity contribution in [1.82, 2.24) is 4.57 Å². The van der Waals surface area contributed by atoms with Gasteiger partial charge < -0.3 is 8.85 Å². The first-order valence-electron chi connectivity index (χ1n) is 4.50. The van der Waals surface area contributed by atoms with Crippen molar-refractivity contribution in [3.05, 3.63) is 30.3 Å². The zero-order valence-electron chi connectivity index (χ0n) is 9.15. The van der Waals surface area contributed by atoms with Crippen LogP contribution in [0.4, 0.5) is 0 Å². The molecule has 14 heavy (non-hydrogen) atoms. The number of benzene rings is 1. The monoisotopic (exact) mass is 211 g/mol. The van der Waals surface area contributed by atoms with Crippen molar-refractivity contribution in [3.8, 4) is 0 Å². The van der Waals surface area contributed by atoms with Gasteiger partial charge in [0.2, 0.25) is 0 Å². The number of hydrogen-bond acceptors (Lipinski definition) is 3. The highest BCUT2D eigenvalue weighted by molar-refractivity contribution is 6.78. The highest BCUT2D eigenvalue weighted by Gasteiger charge is 2.41. The predicted molar refractivity (Wildman–Crippen MR) is 59.5 cm³/mol. The van der Waals surface area contributed by atoms with Gasteiger partial charge in [-0.05, 0) is 14.1 Å². The van der Waals surface area contributed by atoms with Crippen LogP contribution in [0.1, 0.15) is 0 Å². The Kier molecular flexibility index (Phi) is 3.83. The van der Waals surface area contributed by atoms with Crippen LogP contribution in [-0.2, 0) is 8.85 Å². The maximum Gasteiger partial charge on any atom is 0.462 e. The minimum Gasteiger partial charge on any atom is -0.383 e. The summed E-state index contributed by atoms with van der Waals surface area (Å²) in [6.07, 6.45) is 0. The Morgan fingerprint density at radius 2 is 1.50 bits per heavy atom. The summed E-state index contributed by atoms with van der Waals surface area (Å²) in [5, 5.41) is 1.12. The molecule has 0 aliphatic heterocycles. The molecule has 0 spiro atoms. The van der Waals surface area contributed by atoms with Crippen LogP contribution in [0.2, 0.25) is 0 Å². The first kappa shape index (κ1) is 11.4. The normalized spacial score (nSPS) is 12.1. The SMILES string of the molecule is CO[Si](OC)(c1ccccc1)N(C)C. The molecule has 0 aliphatic carbocycles. The molecule has 0 amide bonds. The first-order valence-corrected chi connectivity index (χ1v) is 6.27. The van der Waals surface area contributed by atoms with Crippen molar-refractivity contribution >= 4 is 13.9 Å². The Bertz CT molecular complexity index is 273. The summed E-state index contributed by atoms with van der Waals surface area (Å²) in [4.78, 5) is 0. The quantitative estimate of drug-likeness (QED) is 0.684. The van der Waals surface area contributed by atoms with Gasteiger partial charge in [0.05, 0.1) is 0 Å². The molecule has 4 heteroatoms. The second-order valence-corrected chi connectivity index (χ2v) is 6.70. The Balaban J connectivity index is 3.11. The second-order valence-electron chi connectivity index (χ2n) is 3.25. The standard InChI is InChI=1S/C10H17NO2Si/c1-11(2)14(12-3,13-4)10-8-6-5-7-9-10/h5-9H,1-4H3.